The number of rotatable bonds is 3. The van der Waals surface area contributed by atoms with Gasteiger partial charge in [-0.2, -0.15) is 0 Å². The van der Waals surface area contributed by atoms with Crippen molar-refractivity contribution in [3.8, 4) is 5.69 Å². The molecule has 130 valence electrons. The number of aryl methyl sites for hydroxylation is 1. The quantitative estimate of drug-likeness (QED) is 0.557. The van der Waals surface area contributed by atoms with Crippen LogP contribution in [0.15, 0.2) is 55.1 Å². The van der Waals surface area contributed by atoms with Crippen molar-refractivity contribution in [1.29, 1.82) is 0 Å². The fourth-order valence-corrected chi connectivity index (χ4v) is 3.97. The van der Waals surface area contributed by atoms with Gasteiger partial charge in [0.2, 0.25) is 0 Å². The van der Waals surface area contributed by atoms with Gasteiger partial charge >= 0.3 is 0 Å². The van der Waals surface area contributed by atoms with Crippen LogP contribution in [0.25, 0.3) is 15.8 Å². The van der Waals surface area contributed by atoms with Gasteiger partial charge in [-0.15, -0.1) is 11.3 Å². The highest BCUT2D eigenvalue weighted by Gasteiger charge is 2.18. The third-order valence-corrected chi connectivity index (χ3v) is 5.35. The van der Waals surface area contributed by atoms with Crippen molar-refractivity contribution in [2.45, 2.75) is 6.92 Å². The van der Waals surface area contributed by atoms with Gasteiger partial charge in [-0.1, -0.05) is 6.07 Å². The molecular formula is C19H13F2N3OS. The Labute approximate surface area is 151 Å². The van der Waals surface area contributed by atoms with Crippen LogP contribution in [0.5, 0.6) is 0 Å². The summed E-state index contributed by atoms with van der Waals surface area (Å²) in [6.45, 7) is 1.71. The molecule has 0 radical (unpaired) electrons. The molecule has 2 heterocycles. The summed E-state index contributed by atoms with van der Waals surface area (Å²) in [5, 5.41) is 3.13. The average Bonchev–Trinajstić information content (AvgIpc) is 3.24. The normalized spacial score (nSPS) is 11.0. The van der Waals surface area contributed by atoms with Crippen molar-refractivity contribution in [3.63, 3.8) is 0 Å². The summed E-state index contributed by atoms with van der Waals surface area (Å²) in [4.78, 5) is 16.9. The Morgan fingerprint density at radius 3 is 2.73 bits per heavy atom. The summed E-state index contributed by atoms with van der Waals surface area (Å²) in [5.74, 6) is -1.23. The molecule has 26 heavy (non-hydrogen) atoms. The van der Waals surface area contributed by atoms with Gasteiger partial charge < -0.3 is 9.88 Å². The zero-order chi connectivity index (χ0) is 18.3. The zero-order valence-electron chi connectivity index (χ0n) is 13.7. The molecule has 1 N–H and O–H groups in total. The molecule has 1 amide bonds. The van der Waals surface area contributed by atoms with Crippen LogP contribution < -0.4 is 5.32 Å². The summed E-state index contributed by atoms with van der Waals surface area (Å²) in [5.41, 5.74) is 1.24. The third-order valence-electron chi connectivity index (χ3n) is 4.10. The Morgan fingerprint density at radius 1 is 1.19 bits per heavy atom. The van der Waals surface area contributed by atoms with E-state index in [1.54, 1.807) is 48.1 Å². The minimum absolute atomic E-state index is 0.327. The molecule has 0 aliphatic heterocycles. The van der Waals surface area contributed by atoms with Gasteiger partial charge in [0.25, 0.3) is 5.91 Å². The maximum absolute atomic E-state index is 14.3. The first kappa shape index (κ1) is 16.4. The predicted octanol–water partition coefficient (Wildman–Crippen LogP) is 4.93. The molecule has 0 fully saturated rings. The number of nitrogens with zero attached hydrogens (tertiary/aromatic N) is 2. The Morgan fingerprint density at radius 2 is 2.04 bits per heavy atom. The maximum atomic E-state index is 14.3. The number of nitrogens with one attached hydrogen (secondary N) is 1. The Bertz CT molecular complexity index is 1120. The SMILES string of the molecule is Cc1c(C(=O)Nc2ccc(-n3ccnc3)c(F)c2)sc2cccc(F)c12. The van der Waals surface area contributed by atoms with E-state index in [-0.39, 0.29) is 5.82 Å². The highest BCUT2D eigenvalue weighted by atomic mass is 32.1. The van der Waals surface area contributed by atoms with Crippen molar-refractivity contribution in [2.75, 3.05) is 5.32 Å². The largest absolute Gasteiger partial charge is 0.321 e. The van der Waals surface area contributed by atoms with Crippen LogP contribution in [0.1, 0.15) is 15.2 Å². The molecule has 0 aliphatic carbocycles. The van der Waals surface area contributed by atoms with E-state index in [0.717, 1.165) is 0 Å². The second kappa shape index (κ2) is 6.34. The van der Waals surface area contributed by atoms with Crippen LogP contribution in [-0.2, 0) is 0 Å². The molecule has 0 saturated heterocycles. The minimum Gasteiger partial charge on any atom is -0.321 e. The van der Waals surface area contributed by atoms with Crippen LogP contribution >= 0.6 is 11.3 Å². The van der Waals surface area contributed by atoms with Crippen LogP contribution in [0.2, 0.25) is 0 Å². The molecule has 0 bridgehead atoms. The van der Waals surface area contributed by atoms with E-state index in [1.165, 1.54) is 29.8 Å². The summed E-state index contributed by atoms with van der Waals surface area (Å²) in [6.07, 6.45) is 4.68. The molecule has 0 saturated carbocycles. The van der Waals surface area contributed by atoms with Crippen LogP contribution in [0.4, 0.5) is 14.5 Å². The van der Waals surface area contributed by atoms with Crippen molar-refractivity contribution in [3.05, 3.63) is 77.2 Å². The Kier molecular flexibility index (Phi) is 4.00. The fourth-order valence-electron chi connectivity index (χ4n) is 2.85. The molecule has 4 rings (SSSR count). The number of carbonyl (C=O) groups is 1. The maximum Gasteiger partial charge on any atom is 0.266 e. The van der Waals surface area contributed by atoms with Gasteiger partial charge in [0, 0.05) is 28.2 Å². The van der Waals surface area contributed by atoms with Crippen LogP contribution in [0, 0.1) is 18.6 Å². The van der Waals surface area contributed by atoms with Crippen LogP contribution in [-0.4, -0.2) is 15.5 Å². The number of hydrogen-bond donors (Lipinski definition) is 1. The number of imidazole rings is 1. The van der Waals surface area contributed by atoms with Gasteiger partial charge in [0.05, 0.1) is 16.9 Å². The highest BCUT2D eigenvalue weighted by molar-refractivity contribution is 7.21. The monoisotopic (exact) mass is 369 g/mol. The molecule has 0 aliphatic rings. The minimum atomic E-state index is -0.486. The van der Waals surface area contributed by atoms with E-state index in [0.29, 0.717) is 31.9 Å². The molecule has 4 aromatic rings. The summed E-state index contributed by atoms with van der Waals surface area (Å²) < 4.78 is 30.6. The lowest BCUT2D eigenvalue weighted by Crippen LogP contribution is -2.12. The Balaban J connectivity index is 1.64. The van der Waals surface area contributed by atoms with Crippen molar-refractivity contribution in [1.82, 2.24) is 9.55 Å². The van der Waals surface area contributed by atoms with E-state index in [9.17, 15) is 13.6 Å². The number of hydrogen-bond acceptors (Lipinski definition) is 3. The van der Waals surface area contributed by atoms with E-state index >= 15 is 0 Å². The standard InChI is InChI=1S/C19H13F2N3OS/c1-11-17-13(20)3-2-4-16(17)26-18(11)19(25)23-12-5-6-15(14(21)9-12)24-8-7-22-10-24/h2-10H,1H3,(H,23,25). The molecule has 0 atom stereocenters. The topological polar surface area (TPSA) is 46.9 Å². The molecule has 2 aromatic heterocycles. The summed E-state index contributed by atoms with van der Waals surface area (Å²) in [7, 11) is 0. The predicted molar refractivity (Wildman–Crippen MR) is 98.0 cm³/mol. The number of aromatic nitrogens is 2. The number of benzene rings is 2. The average molecular weight is 369 g/mol. The number of fused-ring (bicyclic) bond motifs is 1. The van der Waals surface area contributed by atoms with E-state index < -0.39 is 11.7 Å². The van der Waals surface area contributed by atoms with Crippen molar-refractivity contribution >= 4 is 33.0 Å². The van der Waals surface area contributed by atoms with Crippen LogP contribution in [0.3, 0.4) is 0 Å². The van der Waals surface area contributed by atoms with Gasteiger partial charge in [-0.05, 0) is 42.8 Å². The molecule has 2 aromatic carbocycles. The first-order valence-corrected chi connectivity index (χ1v) is 8.63. The molecule has 0 unspecified atom stereocenters. The first-order chi connectivity index (χ1) is 12.5. The fraction of sp³-hybridized carbons (Fsp3) is 0.0526. The van der Waals surface area contributed by atoms with Crippen molar-refractivity contribution in [2.24, 2.45) is 0 Å². The van der Waals surface area contributed by atoms with Gasteiger partial charge in [-0.3, -0.25) is 4.79 Å². The number of amides is 1. The summed E-state index contributed by atoms with van der Waals surface area (Å²) >= 11 is 1.21. The first-order valence-electron chi connectivity index (χ1n) is 7.81. The highest BCUT2D eigenvalue weighted by Crippen LogP contribution is 2.33. The van der Waals surface area contributed by atoms with Crippen molar-refractivity contribution < 1.29 is 13.6 Å². The molecule has 0 spiro atoms. The van der Waals surface area contributed by atoms with E-state index in [1.807, 2.05) is 0 Å². The van der Waals surface area contributed by atoms with E-state index in [2.05, 4.69) is 10.3 Å². The van der Waals surface area contributed by atoms with Gasteiger partial charge in [-0.25, -0.2) is 13.8 Å². The second-order valence-electron chi connectivity index (χ2n) is 5.76. The number of halogens is 2. The van der Waals surface area contributed by atoms with Gasteiger partial charge in [0.1, 0.15) is 11.6 Å². The Hall–Kier alpha value is -3.06. The lowest BCUT2D eigenvalue weighted by Gasteiger charge is -2.08. The lowest BCUT2D eigenvalue weighted by atomic mass is 10.1. The number of carbonyl (C=O) groups excluding carboxylic acids is 1. The smallest absolute Gasteiger partial charge is 0.266 e. The lowest BCUT2D eigenvalue weighted by molar-refractivity contribution is 0.103. The molecule has 7 heteroatoms. The molecular weight excluding hydrogens is 356 g/mol. The molecule has 4 nitrogen and oxygen atoms in total. The number of anilines is 1. The third kappa shape index (κ3) is 2.76. The zero-order valence-corrected chi connectivity index (χ0v) is 14.5. The number of thiophene rings is 1. The second-order valence-corrected chi connectivity index (χ2v) is 6.81. The van der Waals surface area contributed by atoms with Gasteiger partial charge in [0.15, 0.2) is 0 Å². The summed E-state index contributed by atoms with van der Waals surface area (Å²) in [6, 6.07) is 9.17. The van der Waals surface area contributed by atoms with E-state index in [4.69, 9.17) is 0 Å².